The van der Waals surface area contributed by atoms with Crippen molar-refractivity contribution >= 4 is 47.6 Å². The lowest BCUT2D eigenvalue weighted by Crippen LogP contribution is -2.53. The van der Waals surface area contributed by atoms with Crippen LogP contribution >= 0.6 is 20.8 Å². The Kier molecular flexibility index (Phi) is 5.73. The fraction of sp³-hybridized carbons (Fsp3) is 0.300. The van der Waals surface area contributed by atoms with Gasteiger partial charge in [-0.25, -0.2) is 13.4 Å². The average Bonchev–Trinajstić information content (AvgIpc) is 3.22. The predicted octanol–water partition coefficient (Wildman–Crippen LogP) is 3.23. The van der Waals surface area contributed by atoms with Gasteiger partial charge in [0.1, 0.15) is 10.5 Å². The number of halogens is 1. The number of anilines is 1. The van der Waals surface area contributed by atoms with Gasteiger partial charge in [-0.2, -0.15) is 9.57 Å². The smallest absolute Gasteiger partial charge is 0.244 e. The monoisotopic (exact) mass is 461 g/mol. The van der Waals surface area contributed by atoms with Crippen LogP contribution in [0.1, 0.15) is 12.0 Å². The number of fused-ring (bicyclic) bond motifs is 1. The van der Waals surface area contributed by atoms with Gasteiger partial charge in [0.15, 0.2) is 0 Å². The molecule has 1 N–H and O–H groups in total. The Bertz CT molecular complexity index is 1240. The topological polar surface area (TPSA) is 93.1 Å². The van der Waals surface area contributed by atoms with E-state index in [0.717, 1.165) is 16.7 Å². The molecule has 156 valence electrons. The Morgan fingerprint density at radius 1 is 1.37 bits per heavy atom. The number of H-pyrrole nitrogens is 1. The minimum absolute atomic E-state index is 0.0312. The molecule has 0 aliphatic carbocycles. The third kappa shape index (κ3) is 3.67. The lowest BCUT2D eigenvalue weighted by atomic mass is 10.0. The summed E-state index contributed by atoms with van der Waals surface area (Å²) in [6, 6.07) is 10.1. The molecule has 1 aliphatic rings. The number of piperidine rings is 1. The Morgan fingerprint density at radius 2 is 2.17 bits per heavy atom. The van der Waals surface area contributed by atoms with Gasteiger partial charge in [0.2, 0.25) is 10.0 Å². The highest BCUT2D eigenvalue weighted by Crippen LogP contribution is 2.33. The van der Waals surface area contributed by atoms with Gasteiger partial charge in [0.25, 0.3) is 0 Å². The highest BCUT2D eigenvalue weighted by Gasteiger charge is 2.37. The first kappa shape index (κ1) is 21.1. The number of nitriles is 1. The number of sulfonamides is 1. The highest BCUT2D eigenvalue weighted by atomic mass is 35.5. The van der Waals surface area contributed by atoms with E-state index >= 15 is 0 Å². The molecule has 0 bridgehead atoms. The Morgan fingerprint density at radius 3 is 2.90 bits per heavy atom. The number of rotatable bonds is 4. The summed E-state index contributed by atoms with van der Waals surface area (Å²) in [6.07, 6.45) is 4.29. The van der Waals surface area contributed by atoms with Gasteiger partial charge < -0.3 is 9.88 Å². The Hall–Kier alpha value is -2.17. The molecule has 0 saturated carbocycles. The Balaban J connectivity index is 1.65. The molecule has 2 aromatic heterocycles. The van der Waals surface area contributed by atoms with E-state index < -0.39 is 10.0 Å². The van der Waals surface area contributed by atoms with Crippen molar-refractivity contribution in [1.82, 2.24) is 14.3 Å². The summed E-state index contributed by atoms with van der Waals surface area (Å²) < 4.78 is 28.1. The van der Waals surface area contributed by atoms with Crippen LogP contribution in [0.5, 0.6) is 0 Å². The standard InChI is InChI=1S/C20H21ClN5O2PS/c1-25(16-5-8-24-20-14(16)4-7-23-20)17-12-26(9-6-18(17)29)30(27,28)19-3-2-13(11-22)10-15(19)21/h2-5,7-8,10,17-18H,6,9,12,29H2,1H3,(H,23,24)/t17?,18-/m1/s1. The molecule has 0 amide bonds. The summed E-state index contributed by atoms with van der Waals surface area (Å²) in [5, 5.41) is 10.1. The highest BCUT2D eigenvalue weighted by molar-refractivity contribution is 7.89. The van der Waals surface area contributed by atoms with Gasteiger partial charge >= 0.3 is 0 Å². The first-order valence-electron chi connectivity index (χ1n) is 9.43. The number of likely N-dealkylation sites (N-methyl/N-ethyl adjacent to an activating group) is 1. The molecule has 7 nitrogen and oxygen atoms in total. The number of hydrogen-bond acceptors (Lipinski definition) is 5. The van der Waals surface area contributed by atoms with Crippen molar-refractivity contribution in [3.63, 3.8) is 0 Å². The van der Waals surface area contributed by atoms with E-state index in [2.05, 4.69) is 24.1 Å². The lowest BCUT2D eigenvalue weighted by molar-refractivity contribution is 0.317. The van der Waals surface area contributed by atoms with E-state index in [4.69, 9.17) is 16.9 Å². The summed E-state index contributed by atoms with van der Waals surface area (Å²) in [5.74, 6) is 0. The maximum absolute atomic E-state index is 13.3. The first-order valence-corrected chi connectivity index (χ1v) is 11.9. The van der Waals surface area contributed by atoms with Gasteiger partial charge in [-0.1, -0.05) is 11.6 Å². The van der Waals surface area contributed by atoms with E-state index in [1.807, 2.05) is 31.4 Å². The molecule has 1 fully saturated rings. The zero-order valence-corrected chi connectivity index (χ0v) is 19.0. The molecule has 30 heavy (non-hydrogen) atoms. The maximum atomic E-state index is 13.3. The number of hydrogen-bond donors (Lipinski definition) is 1. The van der Waals surface area contributed by atoms with Crippen LogP contribution in [0.3, 0.4) is 0 Å². The van der Waals surface area contributed by atoms with Gasteiger partial charge in [0, 0.05) is 49.6 Å². The number of benzene rings is 1. The number of pyridine rings is 1. The molecule has 10 heteroatoms. The second-order valence-electron chi connectivity index (χ2n) is 7.32. The molecule has 0 spiro atoms. The Labute approximate surface area is 182 Å². The molecule has 2 unspecified atom stereocenters. The van der Waals surface area contributed by atoms with Crippen LogP contribution < -0.4 is 4.90 Å². The normalized spacial score (nSPS) is 20.2. The molecule has 4 rings (SSSR count). The van der Waals surface area contributed by atoms with Crippen molar-refractivity contribution in [2.75, 3.05) is 25.0 Å². The van der Waals surface area contributed by atoms with Gasteiger partial charge in [-0.05, 0) is 42.4 Å². The maximum Gasteiger partial charge on any atom is 0.244 e. The third-order valence-corrected chi connectivity index (χ3v) is 8.72. The average molecular weight is 462 g/mol. The molecule has 1 aliphatic heterocycles. The van der Waals surface area contributed by atoms with Crippen molar-refractivity contribution in [2.45, 2.75) is 23.0 Å². The fourth-order valence-corrected chi connectivity index (χ4v) is 6.42. The SMILES string of the molecule is CN(c1ccnc2[nH]ccc12)C1CN(S(=O)(=O)c2ccc(C#N)cc2Cl)CC[C@H]1P. The van der Waals surface area contributed by atoms with Crippen molar-refractivity contribution in [1.29, 1.82) is 5.26 Å². The summed E-state index contributed by atoms with van der Waals surface area (Å²) in [7, 11) is 1.05. The fourth-order valence-electron chi connectivity index (χ4n) is 3.90. The van der Waals surface area contributed by atoms with Crippen molar-refractivity contribution in [3.8, 4) is 6.07 Å². The molecule has 3 aromatic rings. The minimum atomic E-state index is -3.78. The van der Waals surface area contributed by atoms with E-state index in [-0.39, 0.29) is 21.6 Å². The van der Waals surface area contributed by atoms with E-state index in [0.29, 0.717) is 25.1 Å². The molecule has 0 radical (unpaired) electrons. The van der Waals surface area contributed by atoms with Crippen LogP contribution in [-0.2, 0) is 10.0 Å². The summed E-state index contributed by atoms with van der Waals surface area (Å²) in [6.45, 7) is 0.741. The number of nitrogens with zero attached hydrogens (tertiary/aromatic N) is 4. The summed E-state index contributed by atoms with van der Waals surface area (Å²) in [5.41, 5.74) is 2.34. The van der Waals surface area contributed by atoms with Crippen LogP contribution in [-0.4, -0.2) is 54.5 Å². The summed E-state index contributed by atoms with van der Waals surface area (Å²) >= 11 is 6.21. The minimum Gasteiger partial charge on any atom is -0.369 e. The largest absolute Gasteiger partial charge is 0.369 e. The number of nitrogens with one attached hydrogen (secondary N) is 1. The van der Waals surface area contributed by atoms with Crippen LogP contribution in [0.15, 0.2) is 47.6 Å². The second kappa shape index (κ2) is 8.16. The van der Waals surface area contributed by atoms with Crippen molar-refractivity contribution in [3.05, 3.63) is 53.3 Å². The van der Waals surface area contributed by atoms with Gasteiger partial charge in [0.05, 0.1) is 16.7 Å². The van der Waals surface area contributed by atoms with E-state index in [9.17, 15) is 8.42 Å². The number of aromatic nitrogens is 2. The first-order chi connectivity index (χ1) is 14.3. The second-order valence-corrected chi connectivity index (χ2v) is 10.5. The predicted molar refractivity (Wildman–Crippen MR) is 121 cm³/mol. The van der Waals surface area contributed by atoms with Gasteiger partial charge in [-0.15, -0.1) is 9.24 Å². The third-order valence-electron chi connectivity index (χ3n) is 5.59. The molecule has 3 heterocycles. The van der Waals surface area contributed by atoms with Crippen LogP contribution in [0, 0.1) is 11.3 Å². The molecular weight excluding hydrogens is 441 g/mol. The lowest BCUT2D eigenvalue weighted by Gasteiger charge is -2.42. The summed E-state index contributed by atoms with van der Waals surface area (Å²) in [4.78, 5) is 9.60. The zero-order chi connectivity index (χ0) is 21.5. The van der Waals surface area contributed by atoms with E-state index in [1.165, 1.54) is 22.5 Å². The van der Waals surface area contributed by atoms with E-state index in [1.54, 1.807) is 6.20 Å². The molecule has 3 atom stereocenters. The van der Waals surface area contributed by atoms with Crippen LogP contribution in [0.25, 0.3) is 11.0 Å². The molecule has 1 saturated heterocycles. The van der Waals surface area contributed by atoms with Crippen molar-refractivity contribution in [2.24, 2.45) is 0 Å². The van der Waals surface area contributed by atoms with Crippen molar-refractivity contribution < 1.29 is 8.42 Å². The van der Waals surface area contributed by atoms with Crippen LogP contribution in [0.2, 0.25) is 5.02 Å². The molecule has 1 aromatic carbocycles. The zero-order valence-electron chi connectivity index (χ0n) is 16.3. The molecular formula is C20H21ClN5O2PS. The quantitative estimate of drug-likeness (QED) is 0.602. The van der Waals surface area contributed by atoms with Gasteiger partial charge in [-0.3, -0.25) is 0 Å². The number of aromatic amines is 1. The van der Waals surface area contributed by atoms with Crippen LogP contribution in [0.4, 0.5) is 5.69 Å².